The van der Waals surface area contributed by atoms with E-state index in [0.717, 1.165) is 6.07 Å². The van der Waals surface area contributed by atoms with Crippen LogP contribution in [0.5, 0.6) is 5.75 Å². The lowest BCUT2D eigenvalue weighted by Gasteiger charge is -1.98. The number of benzene rings is 1. The van der Waals surface area contributed by atoms with Gasteiger partial charge in [-0.1, -0.05) is 11.8 Å². The van der Waals surface area contributed by atoms with Gasteiger partial charge in [-0.15, -0.1) is 0 Å². The molecule has 6 heteroatoms. The predicted octanol–water partition coefficient (Wildman–Crippen LogP) is 1.40. The van der Waals surface area contributed by atoms with E-state index >= 15 is 0 Å². The average Bonchev–Trinajstić information content (AvgIpc) is 2.26. The first-order valence-electron chi connectivity index (χ1n) is 4.86. The van der Waals surface area contributed by atoms with Gasteiger partial charge >= 0.3 is 5.69 Å². The van der Waals surface area contributed by atoms with Crippen LogP contribution in [0.25, 0.3) is 0 Å². The number of rotatable bonds is 3. The van der Waals surface area contributed by atoms with Crippen LogP contribution in [0, 0.1) is 27.8 Å². The Morgan fingerprint density at radius 1 is 1.59 bits per heavy atom. The molecule has 17 heavy (non-hydrogen) atoms. The highest BCUT2D eigenvalue weighted by Crippen LogP contribution is 2.28. The Morgan fingerprint density at radius 2 is 2.29 bits per heavy atom. The minimum atomic E-state index is -0.784. The highest BCUT2D eigenvalue weighted by Gasteiger charge is 2.16. The SMILES string of the molecule is CNCCC#Cc1cc([N+](=O)[O-])c(O)cc1F. The van der Waals surface area contributed by atoms with E-state index in [4.69, 9.17) is 5.11 Å². The molecule has 0 heterocycles. The highest BCUT2D eigenvalue weighted by molar-refractivity contribution is 5.52. The van der Waals surface area contributed by atoms with Crippen LogP contribution in [0.3, 0.4) is 0 Å². The maximum Gasteiger partial charge on any atom is 0.312 e. The molecule has 90 valence electrons. The summed E-state index contributed by atoms with van der Waals surface area (Å²) in [5.74, 6) is 3.69. The highest BCUT2D eigenvalue weighted by atomic mass is 19.1. The zero-order valence-electron chi connectivity index (χ0n) is 9.16. The second-order valence-corrected chi connectivity index (χ2v) is 3.23. The number of phenols is 1. The largest absolute Gasteiger partial charge is 0.502 e. The fourth-order valence-electron chi connectivity index (χ4n) is 1.14. The van der Waals surface area contributed by atoms with Gasteiger partial charge in [0.1, 0.15) is 5.82 Å². The first kappa shape index (κ1) is 12.9. The molecule has 2 N–H and O–H groups in total. The molecule has 0 radical (unpaired) electrons. The lowest BCUT2D eigenvalue weighted by atomic mass is 10.1. The summed E-state index contributed by atoms with van der Waals surface area (Å²) in [5, 5.41) is 22.5. The van der Waals surface area contributed by atoms with Crippen LogP contribution in [0.15, 0.2) is 12.1 Å². The third-order valence-corrected chi connectivity index (χ3v) is 1.98. The molecule has 0 bridgehead atoms. The Labute approximate surface area is 97.4 Å². The molecule has 5 nitrogen and oxygen atoms in total. The van der Waals surface area contributed by atoms with Gasteiger partial charge in [0.2, 0.25) is 0 Å². The minimum Gasteiger partial charge on any atom is -0.502 e. The maximum atomic E-state index is 13.3. The van der Waals surface area contributed by atoms with Crippen molar-refractivity contribution in [3.8, 4) is 17.6 Å². The Bertz CT molecular complexity index is 491. The standard InChI is InChI=1S/C11H11FN2O3/c1-13-5-3-2-4-8-6-10(14(16)17)11(15)7-9(8)12/h6-7,13,15H,3,5H2,1H3. The molecule has 0 atom stereocenters. The third-order valence-electron chi connectivity index (χ3n) is 1.98. The summed E-state index contributed by atoms with van der Waals surface area (Å²) in [5.41, 5.74) is -0.644. The molecule has 0 aliphatic heterocycles. The van der Waals surface area contributed by atoms with E-state index in [1.807, 2.05) is 0 Å². The van der Waals surface area contributed by atoms with Gasteiger partial charge in [0.15, 0.2) is 5.75 Å². The van der Waals surface area contributed by atoms with Gasteiger partial charge in [-0.2, -0.15) is 0 Å². The van der Waals surface area contributed by atoms with Crippen molar-refractivity contribution in [2.24, 2.45) is 0 Å². The van der Waals surface area contributed by atoms with Crippen molar-refractivity contribution >= 4 is 5.69 Å². The van der Waals surface area contributed by atoms with Crippen molar-refractivity contribution < 1.29 is 14.4 Å². The molecule has 0 amide bonds. The second kappa shape index (κ2) is 5.82. The topological polar surface area (TPSA) is 75.4 Å². The summed E-state index contributed by atoms with van der Waals surface area (Å²) in [7, 11) is 1.76. The van der Waals surface area contributed by atoms with E-state index in [9.17, 15) is 14.5 Å². The van der Waals surface area contributed by atoms with Crippen LogP contribution in [0.2, 0.25) is 0 Å². The molecule has 0 saturated heterocycles. The lowest BCUT2D eigenvalue weighted by Crippen LogP contribution is -2.05. The van der Waals surface area contributed by atoms with Gasteiger partial charge in [-0.05, 0) is 7.05 Å². The van der Waals surface area contributed by atoms with E-state index in [0.29, 0.717) is 19.0 Å². The molecule has 0 aliphatic carbocycles. The maximum absolute atomic E-state index is 13.3. The van der Waals surface area contributed by atoms with E-state index in [1.165, 1.54) is 0 Å². The number of nitro groups is 1. The van der Waals surface area contributed by atoms with E-state index in [-0.39, 0.29) is 5.56 Å². The summed E-state index contributed by atoms with van der Waals surface area (Å²) in [6, 6.07) is 1.62. The molecule has 1 rings (SSSR count). The molecule has 0 aliphatic rings. The van der Waals surface area contributed by atoms with E-state index in [2.05, 4.69) is 17.2 Å². The Hall–Kier alpha value is -2.13. The molecule has 0 saturated carbocycles. The van der Waals surface area contributed by atoms with Gasteiger partial charge in [0.25, 0.3) is 0 Å². The number of nitrogens with zero attached hydrogens (tertiary/aromatic N) is 1. The van der Waals surface area contributed by atoms with E-state index < -0.39 is 22.2 Å². The Balaban J connectivity index is 3.02. The molecule has 0 aromatic heterocycles. The van der Waals surface area contributed by atoms with Gasteiger partial charge in [-0.25, -0.2) is 4.39 Å². The van der Waals surface area contributed by atoms with Crippen molar-refractivity contribution in [2.75, 3.05) is 13.6 Å². The first-order chi connectivity index (χ1) is 8.06. The van der Waals surface area contributed by atoms with Crippen molar-refractivity contribution in [3.63, 3.8) is 0 Å². The fraction of sp³-hybridized carbons (Fsp3) is 0.273. The zero-order valence-corrected chi connectivity index (χ0v) is 9.16. The number of halogens is 1. The molecular weight excluding hydrogens is 227 g/mol. The third kappa shape index (κ3) is 3.43. The normalized spacial score (nSPS) is 9.53. The average molecular weight is 238 g/mol. The quantitative estimate of drug-likeness (QED) is 0.361. The first-order valence-corrected chi connectivity index (χ1v) is 4.86. The number of phenolic OH excluding ortho intramolecular Hbond substituents is 1. The smallest absolute Gasteiger partial charge is 0.312 e. The van der Waals surface area contributed by atoms with Crippen LogP contribution in [0.1, 0.15) is 12.0 Å². The summed E-state index contributed by atoms with van der Waals surface area (Å²) in [4.78, 5) is 9.74. The van der Waals surface area contributed by atoms with Crippen LogP contribution >= 0.6 is 0 Å². The second-order valence-electron chi connectivity index (χ2n) is 3.23. The van der Waals surface area contributed by atoms with Crippen LogP contribution in [-0.4, -0.2) is 23.6 Å². The summed E-state index contributed by atoms with van der Waals surface area (Å²) in [6.07, 6.45) is 0.505. The number of hydrogen-bond donors (Lipinski definition) is 2. The Kier molecular flexibility index (Phi) is 4.43. The number of aromatic hydroxyl groups is 1. The van der Waals surface area contributed by atoms with Crippen LogP contribution < -0.4 is 5.32 Å². The lowest BCUT2D eigenvalue weighted by molar-refractivity contribution is -0.385. The minimum absolute atomic E-state index is 0.0920. The summed E-state index contributed by atoms with van der Waals surface area (Å²) < 4.78 is 13.3. The monoisotopic (exact) mass is 238 g/mol. The number of nitro benzene ring substituents is 1. The van der Waals surface area contributed by atoms with Crippen molar-refractivity contribution in [1.29, 1.82) is 0 Å². The number of hydrogen-bond acceptors (Lipinski definition) is 4. The molecule has 1 aromatic carbocycles. The van der Waals surface area contributed by atoms with Crippen molar-refractivity contribution in [2.45, 2.75) is 6.42 Å². The molecular formula is C11H11FN2O3. The number of nitrogens with one attached hydrogen (secondary N) is 1. The summed E-state index contributed by atoms with van der Waals surface area (Å²) in [6.45, 7) is 0.648. The molecule has 1 aromatic rings. The van der Waals surface area contributed by atoms with Gasteiger partial charge < -0.3 is 10.4 Å². The molecule has 0 fully saturated rings. The van der Waals surface area contributed by atoms with Crippen molar-refractivity contribution in [3.05, 3.63) is 33.6 Å². The van der Waals surface area contributed by atoms with Crippen LogP contribution in [-0.2, 0) is 0 Å². The summed E-state index contributed by atoms with van der Waals surface area (Å²) >= 11 is 0. The van der Waals surface area contributed by atoms with Gasteiger partial charge in [0.05, 0.1) is 10.5 Å². The zero-order chi connectivity index (χ0) is 12.8. The van der Waals surface area contributed by atoms with Crippen LogP contribution in [0.4, 0.5) is 10.1 Å². The molecule has 0 unspecified atom stereocenters. The Morgan fingerprint density at radius 3 is 2.88 bits per heavy atom. The molecule has 0 spiro atoms. The fourth-order valence-corrected chi connectivity index (χ4v) is 1.14. The van der Waals surface area contributed by atoms with Gasteiger partial charge in [-0.3, -0.25) is 10.1 Å². The van der Waals surface area contributed by atoms with Crippen molar-refractivity contribution in [1.82, 2.24) is 5.32 Å². The van der Waals surface area contributed by atoms with Gasteiger partial charge in [0, 0.05) is 25.1 Å². The predicted molar refractivity (Wildman–Crippen MR) is 60.1 cm³/mol. The van der Waals surface area contributed by atoms with E-state index in [1.54, 1.807) is 7.05 Å².